The van der Waals surface area contributed by atoms with Gasteiger partial charge in [0.1, 0.15) is 11.9 Å². The molecule has 2 aliphatic rings. The number of hydrogen-bond acceptors (Lipinski definition) is 2. The van der Waals surface area contributed by atoms with E-state index < -0.39 is 0 Å². The van der Waals surface area contributed by atoms with Crippen molar-refractivity contribution >= 4 is 0 Å². The number of rotatable bonds is 3. The highest BCUT2D eigenvalue weighted by Gasteiger charge is 2.29. The van der Waals surface area contributed by atoms with Crippen LogP contribution >= 0.6 is 0 Å². The van der Waals surface area contributed by atoms with Crippen molar-refractivity contribution < 1.29 is 4.74 Å². The highest BCUT2D eigenvalue weighted by molar-refractivity contribution is 5.40. The van der Waals surface area contributed by atoms with Crippen molar-refractivity contribution in [1.82, 2.24) is 5.32 Å². The maximum atomic E-state index is 6.04. The Bertz CT molecular complexity index is 449. The van der Waals surface area contributed by atoms with Crippen molar-refractivity contribution in [3.8, 4) is 5.75 Å². The van der Waals surface area contributed by atoms with E-state index in [9.17, 15) is 0 Å². The van der Waals surface area contributed by atoms with Crippen LogP contribution in [0.25, 0.3) is 0 Å². The molecule has 0 saturated heterocycles. The second-order valence-corrected chi connectivity index (χ2v) is 6.56. The molecule has 2 heteroatoms. The van der Waals surface area contributed by atoms with Crippen molar-refractivity contribution in [2.45, 2.75) is 64.0 Å². The van der Waals surface area contributed by atoms with Crippen LogP contribution < -0.4 is 10.1 Å². The molecular weight excluding hydrogens is 234 g/mol. The summed E-state index contributed by atoms with van der Waals surface area (Å²) >= 11 is 0. The van der Waals surface area contributed by atoms with Gasteiger partial charge in [0.05, 0.1) is 0 Å². The van der Waals surface area contributed by atoms with Gasteiger partial charge in [-0.25, -0.2) is 0 Å². The minimum Gasteiger partial charge on any atom is -0.488 e. The van der Waals surface area contributed by atoms with E-state index >= 15 is 0 Å². The number of benzene rings is 1. The van der Waals surface area contributed by atoms with Crippen LogP contribution in [0, 0.1) is 6.92 Å². The fourth-order valence-corrected chi connectivity index (χ4v) is 3.43. The van der Waals surface area contributed by atoms with Gasteiger partial charge in [0.25, 0.3) is 0 Å². The lowest BCUT2D eigenvalue weighted by Gasteiger charge is -2.35. The lowest BCUT2D eigenvalue weighted by atomic mass is 9.83. The SMILES string of the molecule is Cc1ccc2c(c1)CC(CNC1(C)CCCCC1)O2. The summed E-state index contributed by atoms with van der Waals surface area (Å²) in [6.45, 7) is 5.50. The van der Waals surface area contributed by atoms with Crippen molar-refractivity contribution in [3.63, 3.8) is 0 Å². The summed E-state index contributed by atoms with van der Waals surface area (Å²) in [6, 6.07) is 6.52. The minimum absolute atomic E-state index is 0.315. The molecule has 19 heavy (non-hydrogen) atoms. The Kier molecular flexibility index (Phi) is 3.53. The van der Waals surface area contributed by atoms with E-state index in [0.29, 0.717) is 11.6 Å². The average Bonchev–Trinajstić information content (AvgIpc) is 2.79. The van der Waals surface area contributed by atoms with Gasteiger partial charge in [0.15, 0.2) is 0 Å². The predicted molar refractivity (Wildman–Crippen MR) is 78.8 cm³/mol. The summed E-state index contributed by atoms with van der Waals surface area (Å²) in [6.07, 6.45) is 8.14. The van der Waals surface area contributed by atoms with E-state index in [1.165, 1.54) is 43.2 Å². The lowest BCUT2D eigenvalue weighted by molar-refractivity contribution is 0.183. The Balaban J connectivity index is 1.55. The molecule has 0 spiro atoms. The first-order valence-corrected chi connectivity index (χ1v) is 7.66. The Labute approximate surface area is 116 Å². The second-order valence-electron chi connectivity index (χ2n) is 6.56. The largest absolute Gasteiger partial charge is 0.488 e. The van der Waals surface area contributed by atoms with Crippen molar-refractivity contribution in [3.05, 3.63) is 29.3 Å². The summed E-state index contributed by atoms with van der Waals surface area (Å²) in [4.78, 5) is 0. The lowest BCUT2D eigenvalue weighted by Crippen LogP contribution is -2.47. The molecule has 1 fully saturated rings. The number of aryl methyl sites for hydroxylation is 1. The predicted octanol–water partition coefficient (Wildman–Crippen LogP) is 3.61. The van der Waals surface area contributed by atoms with Crippen molar-refractivity contribution in [1.29, 1.82) is 0 Å². The molecule has 0 radical (unpaired) electrons. The van der Waals surface area contributed by atoms with Gasteiger partial charge < -0.3 is 10.1 Å². The summed E-state index contributed by atoms with van der Waals surface area (Å²) in [5.74, 6) is 1.09. The molecule has 1 aliphatic heterocycles. The summed E-state index contributed by atoms with van der Waals surface area (Å²) < 4.78 is 6.04. The molecule has 3 rings (SSSR count). The molecule has 0 aromatic heterocycles. The Morgan fingerprint density at radius 1 is 1.26 bits per heavy atom. The van der Waals surface area contributed by atoms with E-state index in [4.69, 9.17) is 4.74 Å². The van der Waals surface area contributed by atoms with Crippen LogP contribution in [0.15, 0.2) is 18.2 Å². The molecule has 1 unspecified atom stereocenters. The number of nitrogens with one attached hydrogen (secondary N) is 1. The number of hydrogen-bond donors (Lipinski definition) is 1. The average molecular weight is 259 g/mol. The Morgan fingerprint density at radius 2 is 2.05 bits per heavy atom. The maximum absolute atomic E-state index is 6.04. The van der Waals surface area contributed by atoms with Crippen LogP contribution in [-0.2, 0) is 6.42 Å². The molecule has 1 N–H and O–H groups in total. The Hall–Kier alpha value is -1.02. The van der Waals surface area contributed by atoms with E-state index in [-0.39, 0.29) is 0 Å². The number of fused-ring (bicyclic) bond motifs is 1. The van der Waals surface area contributed by atoms with Gasteiger partial charge in [-0.05, 0) is 38.3 Å². The topological polar surface area (TPSA) is 21.3 Å². The monoisotopic (exact) mass is 259 g/mol. The van der Waals surface area contributed by atoms with E-state index in [1.807, 2.05) is 0 Å². The third kappa shape index (κ3) is 2.94. The molecule has 1 aliphatic carbocycles. The molecule has 104 valence electrons. The van der Waals surface area contributed by atoms with Crippen molar-refractivity contribution in [2.24, 2.45) is 0 Å². The van der Waals surface area contributed by atoms with Crippen LogP contribution in [0.1, 0.15) is 50.2 Å². The molecule has 1 saturated carbocycles. The Morgan fingerprint density at radius 3 is 2.84 bits per heavy atom. The van der Waals surface area contributed by atoms with E-state index in [2.05, 4.69) is 37.4 Å². The van der Waals surface area contributed by atoms with E-state index in [0.717, 1.165) is 18.7 Å². The highest BCUT2D eigenvalue weighted by Crippen LogP contribution is 2.31. The summed E-state index contributed by atoms with van der Waals surface area (Å²) in [5.41, 5.74) is 3.04. The van der Waals surface area contributed by atoms with Crippen LogP contribution in [0.3, 0.4) is 0 Å². The van der Waals surface area contributed by atoms with Crippen LogP contribution in [0.5, 0.6) is 5.75 Å². The smallest absolute Gasteiger partial charge is 0.123 e. The fourth-order valence-electron chi connectivity index (χ4n) is 3.43. The molecule has 1 aromatic carbocycles. The molecule has 1 heterocycles. The highest BCUT2D eigenvalue weighted by atomic mass is 16.5. The molecule has 0 amide bonds. The first kappa shape index (κ1) is 13.0. The van der Waals surface area contributed by atoms with Gasteiger partial charge in [-0.15, -0.1) is 0 Å². The maximum Gasteiger partial charge on any atom is 0.123 e. The zero-order chi connectivity index (χ0) is 13.3. The first-order chi connectivity index (χ1) is 9.15. The van der Waals surface area contributed by atoms with Gasteiger partial charge in [0.2, 0.25) is 0 Å². The zero-order valence-corrected chi connectivity index (χ0v) is 12.2. The van der Waals surface area contributed by atoms with Crippen LogP contribution in [0.4, 0.5) is 0 Å². The fraction of sp³-hybridized carbons (Fsp3) is 0.647. The summed E-state index contributed by atoms with van der Waals surface area (Å²) in [7, 11) is 0. The quantitative estimate of drug-likeness (QED) is 0.895. The third-order valence-electron chi connectivity index (χ3n) is 4.67. The van der Waals surface area contributed by atoms with Gasteiger partial charge in [-0.2, -0.15) is 0 Å². The molecule has 1 aromatic rings. The first-order valence-electron chi connectivity index (χ1n) is 7.66. The van der Waals surface area contributed by atoms with E-state index in [1.54, 1.807) is 0 Å². The standard InChI is InChI=1S/C17H25NO/c1-13-6-7-16-14(10-13)11-15(19-16)12-18-17(2)8-4-3-5-9-17/h6-7,10,15,18H,3-5,8-9,11-12H2,1-2H3. The summed E-state index contributed by atoms with van der Waals surface area (Å²) in [5, 5.41) is 3.76. The molecule has 0 bridgehead atoms. The zero-order valence-electron chi connectivity index (χ0n) is 12.2. The molecular formula is C17H25NO. The van der Waals surface area contributed by atoms with Crippen molar-refractivity contribution in [2.75, 3.05) is 6.54 Å². The third-order valence-corrected chi connectivity index (χ3v) is 4.67. The molecule has 2 nitrogen and oxygen atoms in total. The van der Waals surface area contributed by atoms with Crippen LogP contribution in [0.2, 0.25) is 0 Å². The minimum atomic E-state index is 0.315. The normalized spacial score (nSPS) is 24.8. The van der Waals surface area contributed by atoms with Gasteiger partial charge >= 0.3 is 0 Å². The molecule has 1 atom stereocenters. The van der Waals surface area contributed by atoms with Crippen LogP contribution in [-0.4, -0.2) is 18.2 Å². The van der Waals surface area contributed by atoms with Gasteiger partial charge in [-0.1, -0.05) is 37.0 Å². The second kappa shape index (κ2) is 5.16. The van der Waals surface area contributed by atoms with Gasteiger partial charge in [-0.3, -0.25) is 0 Å². The van der Waals surface area contributed by atoms with Gasteiger partial charge in [0, 0.05) is 18.5 Å². The number of ether oxygens (including phenoxy) is 1.